The molecule has 0 bridgehead atoms. The van der Waals surface area contributed by atoms with Crippen molar-refractivity contribution >= 4 is 11.7 Å². The molecular weight excluding hydrogens is 238 g/mol. The van der Waals surface area contributed by atoms with Crippen molar-refractivity contribution in [2.24, 2.45) is 0 Å². The molecule has 0 fully saturated rings. The summed E-state index contributed by atoms with van der Waals surface area (Å²) in [5.41, 5.74) is -0.698. The Kier molecular flexibility index (Phi) is 3.90. The van der Waals surface area contributed by atoms with Gasteiger partial charge in [0.05, 0.1) is 17.6 Å². The van der Waals surface area contributed by atoms with Crippen LogP contribution >= 0.6 is 0 Å². The van der Waals surface area contributed by atoms with Gasteiger partial charge in [0.2, 0.25) is 0 Å². The van der Waals surface area contributed by atoms with Crippen molar-refractivity contribution in [3.05, 3.63) is 33.9 Å². The maximum absolute atomic E-state index is 11.3. The molecule has 98 valence electrons. The molecule has 1 aromatic carbocycles. The predicted molar refractivity (Wildman–Crippen MR) is 64.8 cm³/mol. The zero-order chi connectivity index (χ0) is 13.9. The lowest BCUT2D eigenvalue weighted by atomic mass is 10.1. The van der Waals surface area contributed by atoms with Crippen LogP contribution in [-0.4, -0.2) is 23.6 Å². The Bertz CT molecular complexity index is 476. The molecule has 0 saturated carbocycles. The van der Waals surface area contributed by atoms with Gasteiger partial charge in [-0.1, -0.05) is 0 Å². The fourth-order valence-electron chi connectivity index (χ4n) is 1.32. The van der Waals surface area contributed by atoms with E-state index in [4.69, 9.17) is 4.74 Å². The largest absolute Gasteiger partial charge is 0.481 e. The van der Waals surface area contributed by atoms with Crippen molar-refractivity contribution in [3.63, 3.8) is 0 Å². The normalized spacial score (nSPS) is 10.9. The molecule has 0 aliphatic carbocycles. The third-order valence-corrected chi connectivity index (χ3v) is 1.99. The molecule has 0 N–H and O–H groups in total. The highest BCUT2D eigenvalue weighted by Gasteiger charge is 2.23. The van der Waals surface area contributed by atoms with Gasteiger partial charge in [0.15, 0.2) is 5.75 Å². The summed E-state index contributed by atoms with van der Waals surface area (Å²) in [5, 5.41) is 10.9. The van der Waals surface area contributed by atoms with Gasteiger partial charge in [-0.15, -0.1) is 0 Å². The van der Waals surface area contributed by atoms with Crippen LogP contribution in [-0.2, 0) is 4.74 Å². The lowest BCUT2D eigenvalue weighted by Crippen LogP contribution is -2.23. The minimum Gasteiger partial charge on any atom is -0.481 e. The van der Waals surface area contributed by atoms with Crippen LogP contribution in [0.1, 0.15) is 31.1 Å². The first-order valence-corrected chi connectivity index (χ1v) is 5.30. The minimum atomic E-state index is -0.625. The van der Waals surface area contributed by atoms with Gasteiger partial charge in [-0.2, -0.15) is 0 Å². The van der Waals surface area contributed by atoms with Crippen LogP contribution in [0.4, 0.5) is 5.69 Å². The molecule has 0 atom stereocenters. The van der Waals surface area contributed by atoms with Gasteiger partial charge < -0.3 is 9.47 Å². The number of rotatable bonds is 3. The van der Waals surface area contributed by atoms with Crippen molar-refractivity contribution in [1.29, 1.82) is 0 Å². The summed E-state index contributed by atoms with van der Waals surface area (Å²) in [6.07, 6.45) is 0. The van der Waals surface area contributed by atoms with E-state index in [1.54, 1.807) is 20.8 Å². The molecule has 6 heteroatoms. The van der Waals surface area contributed by atoms with Crippen LogP contribution in [0.25, 0.3) is 0 Å². The number of nitro benzene ring substituents is 1. The van der Waals surface area contributed by atoms with Gasteiger partial charge in [-0.25, -0.2) is 4.79 Å². The van der Waals surface area contributed by atoms with E-state index in [0.717, 1.165) is 6.07 Å². The van der Waals surface area contributed by atoms with E-state index in [0.29, 0.717) is 0 Å². The fourth-order valence-corrected chi connectivity index (χ4v) is 1.32. The second-order valence-electron chi connectivity index (χ2n) is 4.65. The number of hydrogen-bond donors (Lipinski definition) is 0. The fraction of sp³-hybridized carbons (Fsp3) is 0.417. The Labute approximate surface area is 105 Å². The second kappa shape index (κ2) is 5.03. The molecular formula is C12H15NO5. The molecule has 0 aliphatic heterocycles. The van der Waals surface area contributed by atoms with Gasteiger partial charge in [0.25, 0.3) is 0 Å². The third kappa shape index (κ3) is 3.44. The van der Waals surface area contributed by atoms with Crippen molar-refractivity contribution in [1.82, 2.24) is 0 Å². The first-order valence-electron chi connectivity index (χ1n) is 5.30. The van der Waals surface area contributed by atoms with E-state index >= 15 is 0 Å². The number of nitrogens with zero attached hydrogens (tertiary/aromatic N) is 1. The Morgan fingerprint density at radius 2 is 1.94 bits per heavy atom. The van der Waals surface area contributed by atoms with E-state index in [9.17, 15) is 14.9 Å². The molecule has 0 unspecified atom stereocenters. The number of nitro groups is 1. The summed E-state index contributed by atoms with van der Waals surface area (Å²) >= 11 is 0. The van der Waals surface area contributed by atoms with E-state index in [2.05, 4.69) is 4.74 Å². The van der Waals surface area contributed by atoms with Gasteiger partial charge in [-0.05, 0) is 32.9 Å². The molecule has 6 nitrogen and oxygen atoms in total. The van der Waals surface area contributed by atoms with Crippen molar-refractivity contribution < 1.29 is 19.2 Å². The molecule has 0 spiro atoms. The van der Waals surface area contributed by atoms with Crippen LogP contribution in [0.3, 0.4) is 0 Å². The van der Waals surface area contributed by atoms with Gasteiger partial charge in [0.1, 0.15) is 5.60 Å². The predicted octanol–water partition coefficient (Wildman–Crippen LogP) is 2.56. The molecule has 0 aliphatic rings. The number of benzene rings is 1. The molecule has 0 radical (unpaired) electrons. The Hall–Kier alpha value is -2.11. The van der Waals surface area contributed by atoms with Crippen LogP contribution in [0.2, 0.25) is 0 Å². The molecule has 0 heterocycles. The SMILES string of the molecule is COC(=O)c1ccc(OC(C)(C)C)c([N+](=O)[O-])c1. The minimum absolute atomic E-state index is 0.116. The van der Waals surface area contributed by atoms with Gasteiger partial charge >= 0.3 is 11.7 Å². The van der Waals surface area contributed by atoms with Crippen molar-refractivity contribution in [2.45, 2.75) is 26.4 Å². The maximum atomic E-state index is 11.3. The molecule has 1 rings (SSSR count). The number of ether oxygens (including phenoxy) is 2. The lowest BCUT2D eigenvalue weighted by molar-refractivity contribution is -0.386. The average Bonchev–Trinajstić information content (AvgIpc) is 2.26. The highest BCUT2D eigenvalue weighted by Crippen LogP contribution is 2.31. The first-order chi connectivity index (χ1) is 8.24. The Balaban J connectivity index is 3.21. The zero-order valence-electron chi connectivity index (χ0n) is 10.7. The highest BCUT2D eigenvalue weighted by molar-refractivity contribution is 5.90. The smallest absolute Gasteiger partial charge is 0.338 e. The standard InChI is InChI=1S/C12H15NO5/c1-12(2,3)18-10-6-5-8(11(14)17-4)7-9(10)13(15)16/h5-7H,1-4H3. The first kappa shape index (κ1) is 14.0. The summed E-state index contributed by atoms with van der Waals surface area (Å²) in [4.78, 5) is 21.7. The Morgan fingerprint density at radius 3 is 2.39 bits per heavy atom. The molecule has 0 aromatic heterocycles. The summed E-state index contributed by atoms with van der Waals surface area (Å²) in [6, 6.07) is 3.97. The molecule has 0 saturated heterocycles. The summed E-state index contributed by atoms with van der Waals surface area (Å²) < 4.78 is 9.98. The monoisotopic (exact) mass is 253 g/mol. The topological polar surface area (TPSA) is 78.7 Å². The lowest BCUT2D eigenvalue weighted by Gasteiger charge is -2.21. The van der Waals surface area contributed by atoms with Gasteiger partial charge in [0, 0.05) is 6.07 Å². The van der Waals surface area contributed by atoms with E-state index in [1.165, 1.54) is 19.2 Å². The average molecular weight is 253 g/mol. The summed E-state index contributed by atoms with van der Waals surface area (Å²) in [5.74, 6) is -0.499. The zero-order valence-corrected chi connectivity index (χ0v) is 10.7. The Morgan fingerprint density at radius 1 is 1.33 bits per heavy atom. The molecule has 0 amide bonds. The highest BCUT2D eigenvalue weighted by atomic mass is 16.6. The van der Waals surface area contributed by atoms with Crippen LogP contribution in [0.5, 0.6) is 5.75 Å². The number of esters is 1. The quantitative estimate of drug-likeness (QED) is 0.470. The van der Waals surface area contributed by atoms with Crippen molar-refractivity contribution in [3.8, 4) is 5.75 Å². The van der Waals surface area contributed by atoms with E-state index in [1.807, 2.05) is 0 Å². The van der Waals surface area contributed by atoms with E-state index in [-0.39, 0.29) is 17.0 Å². The number of hydrogen-bond acceptors (Lipinski definition) is 5. The van der Waals surface area contributed by atoms with Crippen molar-refractivity contribution in [2.75, 3.05) is 7.11 Å². The van der Waals surface area contributed by atoms with Crippen LogP contribution < -0.4 is 4.74 Å². The number of methoxy groups -OCH3 is 1. The second-order valence-corrected chi connectivity index (χ2v) is 4.65. The maximum Gasteiger partial charge on any atom is 0.338 e. The molecule has 18 heavy (non-hydrogen) atoms. The molecule has 1 aromatic rings. The van der Waals surface area contributed by atoms with Crippen LogP contribution in [0, 0.1) is 10.1 Å². The van der Waals surface area contributed by atoms with Crippen LogP contribution in [0.15, 0.2) is 18.2 Å². The third-order valence-electron chi connectivity index (χ3n) is 1.99. The number of carbonyl (C=O) groups excluding carboxylic acids is 1. The summed E-state index contributed by atoms with van der Waals surface area (Å²) in [7, 11) is 1.22. The van der Waals surface area contributed by atoms with E-state index < -0.39 is 16.5 Å². The number of carbonyl (C=O) groups is 1. The summed E-state index contributed by atoms with van der Waals surface area (Å²) in [6.45, 7) is 5.35. The van der Waals surface area contributed by atoms with Gasteiger partial charge in [-0.3, -0.25) is 10.1 Å².